The van der Waals surface area contributed by atoms with Crippen LogP contribution in [0.5, 0.6) is 0 Å². The molecule has 0 amide bonds. The summed E-state index contributed by atoms with van der Waals surface area (Å²) in [6, 6.07) is 0. The molecule has 0 aromatic heterocycles. The maximum absolute atomic E-state index is 2.34. The van der Waals surface area contributed by atoms with Crippen molar-refractivity contribution in [3.8, 4) is 0 Å². The minimum atomic E-state index is 0.0389. The monoisotopic (exact) mass is 176 g/mol. The Morgan fingerprint density at radius 2 is 1.14 bits per heavy atom. The van der Waals surface area contributed by atoms with Gasteiger partial charge in [0.25, 0.3) is 0 Å². The Kier molecular flexibility index (Phi) is 4.32. The molecule has 0 aliphatic rings. The van der Waals surface area contributed by atoms with E-state index in [1.165, 1.54) is 0 Å². The van der Waals surface area contributed by atoms with Crippen LogP contribution in [0.1, 0.15) is 27.7 Å². The third kappa shape index (κ3) is 6.88. The summed E-state index contributed by atoms with van der Waals surface area (Å²) >= 11 is 0.0389. The van der Waals surface area contributed by atoms with Crippen LogP contribution in [0.3, 0.4) is 0 Å². The third-order valence-electron chi connectivity index (χ3n) is 0.667. The molecule has 42 valence electrons. The molecule has 1 heteroatoms. The second-order valence-electron chi connectivity index (χ2n) is 2.48. The van der Waals surface area contributed by atoms with E-state index in [0.29, 0.717) is 0 Å². The summed E-state index contributed by atoms with van der Waals surface area (Å²) in [6.07, 6.45) is 0. The van der Waals surface area contributed by atoms with Gasteiger partial charge < -0.3 is 0 Å². The van der Waals surface area contributed by atoms with Crippen molar-refractivity contribution in [2.45, 2.75) is 34.9 Å². The van der Waals surface area contributed by atoms with Crippen molar-refractivity contribution in [1.82, 2.24) is 0 Å². The summed E-state index contributed by atoms with van der Waals surface area (Å²) in [5.41, 5.74) is 0. The fourth-order valence-corrected chi connectivity index (χ4v) is 3.94. The molecule has 0 radical (unpaired) electrons. The van der Waals surface area contributed by atoms with Gasteiger partial charge in [0.2, 0.25) is 0 Å². The summed E-state index contributed by atoms with van der Waals surface area (Å²) in [7, 11) is 0. The molecular formula is C6H14Zr. The molecule has 0 rings (SSSR count). The number of rotatable bonds is 2. The quantitative estimate of drug-likeness (QED) is 0.608. The van der Waals surface area contributed by atoms with Crippen LogP contribution in [-0.2, 0) is 23.2 Å². The topological polar surface area (TPSA) is 0 Å². The van der Waals surface area contributed by atoms with Crippen LogP contribution in [0.15, 0.2) is 0 Å². The number of hydrogen-bond acceptors (Lipinski definition) is 0. The van der Waals surface area contributed by atoms with Gasteiger partial charge in [-0.05, 0) is 0 Å². The minimum absolute atomic E-state index is 0.0389. The van der Waals surface area contributed by atoms with E-state index < -0.39 is 0 Å². The summed E-state index contributed by atoms with van der Waals surface area (Å²) in [4.78, 5) is 0. The van der Waals surface area contributed by atoms with Crippen LogP contribution < -0.4 is 0 Å². The van der Waals surface area contributed by atoms with E-state index in [1.54, 1.807) is 0 Å². The molecule has 0 heterocycles. The van der Waals surface area contributed by atoms with Crippen LogP contribution >= 0.6 is 0 Å². The zero-order chi connectivity index (χ0) is 5.86. The van der Waals surface area contributed by atoms with Crippen molar-refractivity contribution >= 4 is 0 Å². The Balaban J connectivity index is 2.95. The Bertz CT molecular complexity index is 33.4. The second-order valence-corrected chi connectivity index (χ2v) is 8.97. The first-order chi connectivity index (χ1) is 3.13. The van der Waals surface area contributed by atoms with Crippen LogP contribution in [0, 0.1) is 0 Å². The van der Waals surface area contributed by atoms with E-state index >= 15 is 0 Å². The van der Waals surface area contributed by atoms with E-state index in [1.807, 2.05) is 0 Å². The van der Waals surface area contributed by atoms with Gasteiger partial charge >= 0.3 is 58.2 Å². The Morgan fingerprint density at radius 1 is 0.857 bits per heavy atom. The molecular weight excluding hydrogens is 163 g/mol. The number of hydrogen-bond donors (Lipinski definition) is 0. The van der Waals surface area contributed by atoms with Crippen molar-refractivity contribution in [1.29, 1.82) is 0 Å². The first kappa shape index (κ1) is 7.88. The van der Waals surface area contributed by atoms with Crippen molar-refractivity contribution in [2.75, 3.05) is 0 Å². The summed E-state index contributed by atoms with van der Waals surface area (Å²) in [5.74, 6) is 0. The van der Waals surface area contributed by atoms with Gasteiger partial charge in [-0.25, -0.2) is 0 Å². The summed E-state index contributed by atoms with van der Waals surface area (Å²) in [6.45, 7) is 9.36. The normalized spacial score (nSPS) is 10.6. The Labute approximate surface area is 58.3 Å². The fraction of sp³-hybridized carbons (Fsp3) is 1.00. The van der Waals surface area contributed by atoms with Crippen LogP contribution in [-0.4, -0.2) is 0 Å². The van der Waals surface area contributed by atoms with Gasteiger partial charge in [-0.3, -0.25) is 0 Å². The second kappa shape index (κ2) is 3.83. The van der Waals surface area contributed by atoms with E-state index in [4.69, 9.17) is 0 Å². The van der Waals surface area contributed by atoms with Gasteiger partial charge in [0.1, 0.15) is 0 Å². The SMILES string of the molecule is C[CH](C)[Zr][CH](C)C. The first-order valence-electron chi connectivity index (χ1n) is 2.89. The molecule has 0 aliphatic heterocycles. The van der Waals surface area contributed by atoms with E-state index in [2.05, 4.69) is 27.7 Å². The van der Waals surface area contributed by atoms with Crippen molar-refractivity contribution in [3.63, 3.8) is 0 Å². The molecule has 0 aliphatic carbocycles. The Morgan fingerprint density at radius 3 is 1.14 bits per heavy atom. The van der Waals surface area contributed by atoms with Gasteiger partial charge in [-0.15, -0.1) is 0 Å². The predicted octanol–water partition coefficient (Wildman–Crippen LogP) is 2.73. The molecule has 0 fully saturated rings. The molecule has 0 N–H and O–H groups in total. The Hall–Kier alpha value is 0.883. The molecule has 0 unspecified atom stereocenters. The molecule has 0 nitrogen and oxygen atoms in total. The van der Waals surface area contributed by atoms with Gasteiger partial charge in [-0.2, -0.15) is 0 Å². The van der Waals surface area contributed by atoms with Gasteiger partial charge in [0.15, 0.2) is 0 Å². The van der Waals surface area contributed by atoms with Gasteiger partial charge in [0, 0.05) is 0 Å². The summed E-state index contributed by atoms with van der Waals surface area (Å²) < 4.78 is 2.09. The molecule has 0 atom stereocenters. The maximum atomic E-state index is 2.34. The average Bonchev–Trinajstić information content (AvgIpc) is 1.27. The van der Waals surface area contributed by atoms with Crippen LogP contribution in [0.4, 0.5) is 0 Å². The standard InChI is InChI=1S/2C3H7.Zr/c2*1-3-2;/h2*3H,1-2H3;. The van der Waals surface area contributed by atoms with Gasteiger partial charge in [-0.1, -0.05) is 0 Å². The average molecular weight is 177 g/mol. The van der Waals surface area contributed by atoms with E-state index in [0.717, 1.165) is 7.25 Å². The molecule has 0 spiro atoms. The van der Waals surface area contributed by atoms with Gasteiger partial charge in [0.05, 0.1) is 0 Å². The molecule has 7 heavy (non-hydrogen) atoms. The van der Waals surface area contributed by atoms with E-state index in [9.17, 15) is 0 Å². The molecule has 0 aromatic rings. The zero-order valence-corrected chi connectivity index (χ0v) is 8.11. The van der Waals surface area contributed by atoms with Crippen molar-refractivity contribution in [2.24, 2.45) is 0 Å². The third-order valence-corrected chi connectivity index (χ3v) is 3.94. The molecule has 0 bridgehead atoms. The fourth-order valence-electron chi connectivity index (χ4n) is 0.667. The van der Waals surface area contributed by atoms with Crippen LogP contribution in [0.2, 0.25) is 7.25 Å². The van der Waals surface area contributed by atoms with Crippen molar-refractivity contribution < 1.29 is 23.2 Å². The molecule has 0 saturated heterocycles. The first-order valence-corrected chi connectivity index (χ1v) is 5.73. The molecule has 0 aromatic carbocycles. The van der Waals surface area contributed by atoms with Crippen LogP contribution in [0.25, 0.3) is 0 Å². The predicted molar refractivity (Wildman–Crippen MR) is 30.2 cm³/mol. The molecule has 0 saturated carbocycles. The zero-order valence-electron chi connectivity index (χ0n) is 5.65. The van der Waals surface area contributed by atoms with E-state index in [-0.39, 0.29) is 23.2 Å². The summed E-state index contributed by atoms with van der Waals surface area (Å²) in [5, 5.41) is 0. The van der Waals surface area contributed by atoms with Crippen molar-refractivity contribution in [3.05, 3.63) is 0 Å².